The number of H-pyrrole nitrogens is 1. The summed E-state index contributed by atoms with van der Waals surface area (Å²) < 4.78 is 0. The second-order valence-electron chi connectivity index (χ2n) is 2.67. The molecule has 4 heteroatoms. The van der Waals surface area contributed by atoms with Crippen LogP contribution in [0.1, 0.15) is 25.6 Å². The molecule has 0 saturated heterocycles. The van der Waals surface area contributed by atoms with Gasteiger partial charge in [0.2, 0.25) is 0 Å². The third kappa shape index (κ3) is 1.33. The van der Waals surface area contributed by atoms with Crippen LogP contribution in [0.2, 0.25) is 0 Å². The predicted molar refractivity (Wildman–Crippen MR) is 38.1 cm³/mol. The number of nitrogens with two attached hydrogens (primary N) is 1. The van der Waals surface area contributed by atoms with Crippen molar-refractivity contribution in [2.75, 3.05) is 0 Å². The number of hydrogen-bond acceptors (Lipinski definition) is 3. The molecule has 0 bridgehead atoms. The minimum Gasteiger partial charge on any atom is -0.322 e. The molecule has 0 aliphatic carbocycles. The van der Waals surface area contributed by atoms with E-state index in [1.807, 2.05) is 0 Å². The van der Waals surface area contributed by atoms with Crippen LogP contribution in [-0.4, -0.2) is 15.4 Å². The quantitative estimate of drug-likeness (QED) is 0.627. The average Bonchev–Trinajstić information content (AvgIpc) is 2.36. The molecule has 0 spiro atoms. The molecule has 1 unspecified atom stereocenters. The summed E-state index contributed by atoms with van der Waals surface area (Å²) in [7, 11) is 0. The van der Waals surface area contributed by atoms with Gasteiger partial charge < -0.3 is 5.73 Å². The Labute approximate surface area is 59.8 Å². The van der Waals surface area contributed by atoms with E-state index in [2.05, 4.69) is 29.3 Å². The molecule has 0 aromatic carbocycles. The number of hydrogen-bond donors (Lipinski definition) is 2. The molecule has 0 fully saturated rings. The van der Waals surface area contributed by atoms with Crippen molar-refractivity contribution in [2.45, 2.75) is 19.9 Å². The molecule has 1 rings (SSSR count). The smallest absolute Gasteiger partial charge is 0.0994 e. The summed E-state index contributed by atoms with van der Waals surface area (Å²) in [5.41, 5.74) is 6.59. The summed E-state index contributed by atoms with van der Waals surface area (Å²) in [5.74, 6) is 0.407. The van der Waals surface area contributed by atoms with Crippen LogP contribution in [0.4, 0.5) is 0 Å². The van der Waals surface area contributed by atoms with Crippen LogP contribution in [0.25, 0.3) is 0 Å². The van der Waals surface area contributed by atoms with Crippen molar-refractivity contribution in [1.29, 1.82) is 0 Å². The first-order valence-corrected chi connectivity index (χ1v) is 3.33. The normalized spacial score (nSPS) is 14.0. The monoisotopic (exact) mass is 140 g/mol. The molecule has 0 amide bonds. The Balaban J connectivity index is 2.68. The Kier molecular flexibility index (Phi) is 2.01. The molecule has 1 heterocycles. The second-order valence-corrected chi connectivity index (χ2v) is 2.67. The second kappa shape index (κ2) is 2.79. The van der Waals surface area contributed by atoms with E-state index >= 15 is 0 Å². The molecule has 0 aliphatic heterocycles. The van der Waals surface area contributed by atoms with Crippen LogP contribution in [0.3, 0.4) is 0 Å². The fraction of sp³-hybridized carbons (Fsp3) is 0.667. The highest BCUT2D eigenvalue weighted by atomic mass is 15.3. The average molecular weight is 140 g/mol. The molecular weight excluding hydrogens is 128 g/mol. The van der Waals surface area contributed by atoms with Gasteiger partial charge in [-0.25, -0.2) is 0 Å². The van der Waals surface area contributed by atoms with Crippen molar-refractivity contribution in [2.24, 2.45) is 11.7 Å². The van der Waals surface area contributed by atoms with Crippen LogP contribution in [-0.2, 0) is 0 Å². The van der Waals surface area contributed by atoms with Crippen LogP contribution in [0.5, 0.6) is 0 Å². The van der Waals surface area contributed by atoms with Crippen molar-refractivity contribution >= 4 is 0 Å². The van der Waals surface area contributed by atoms with Crippen molar-refractivity contribution in [1.82, 2.24) is 15.4 Å². The maximum Gasteiger partial charge on any atom is 0.0994 e. The van der Waals surface area contributed by atoms with Gasteiger partial charge in [-0.2, -0.15) is 0 Å². The fourth-order valence-electron chi connectivity index (χ4n) is 0.715. The van der Waals surface area contributed by atoms with Gasteiger partial charge in [0, 0.05) is 6.20 Å². The number of rotatable bonds is 2. The molecule has 1 aromatic heterocycles. The Bertz CT molecular complexity index is 180. The molecule has 56 valence electrons. The summed E-state index contributed by atoms with van der Waals surface area (Å²) >= 11 is 0. The zero-order valence-corrected chi connectivity index (χ0v) is 6.20. The number of nitrogens with one attached hydrogen (secondary N) is 1. The lowest BCUT2D eigenvalue weighted by atomic mass is 10.0. The molecule has 3 N–H and O–H groups in total. The van der Waals surface area contributed by atoms with Crippen LogP contribution in [0, 0.1) is 5.92 Å². The van der Waals surface area contributed by atoms with E-state index < -0.39 is 0 Å². The highest BCUT2D eigenvalue weighted by Crippen LogP contribution is 2.13. The molecule has 10 heavy (non-hydrogen) atoms. The molecule has 0 radical (unpaired) electrons. The Morgan fingerprint density at radius 3 is 2.70 bits per heavy atom. The van der Waals surface area contributed by atoms with Crippen molar-refractivity contribution in [3.8, 4) is 0 Å². The molecular formula is C6H12N4. The van der Waals surface area contributed by atoms with Gasteiger partial charge in [0.15, 0.2) is 0 Å². The zero-order valence-electron chi connectivity index (χ0n) is 6.20. The molecule has 1 atom stereocenters. The number of aromatic nitrogens is 3. The first kappa shape index (κ1) is 7.21. The first-order chi connectivity index (χ1) is 4.72. The summed E-state index contributed by atoms with van der Waals surface area (Å²) in [5, 5.41) is 10.0. The van der Waals surface area contributed by atoms with Crippen molar-refractivity contribution < 1.29 is 0 Å². The molecule has 0 saturated carbocycles. The maximum atomic E-state index is 5.76. The van der Waals surface area contributed by atoms with E-state index in [4.69, 9.17) is 5.73 Å². The summed E-state index contributed by atoms with van der Waals surface area (Å²) in [6, 6.07) is -0.00116. The van der Waals surface area contributed by atoms with E-state index in [-0.39, 0.29) is 6.04 Å². The topological polar surface area (TPSA) is 67.6 Å². The third-order valence-corrected chi connectivity index (χ3v) is 1.50. The lowest BCUT2D eigenvalue weighted by molar-refractivity contribution is 0.502. The van der Waals surface area contributed by atoms with Gasteiger partial charge >= 0.3 is 0 Å². The Morgan fingerprint density at radius 1 is 1.60 bits per heavy atom. The van der Waals surface area contributed by atoms with Crippen molar-refractivity contribution in [3.63, 3.8) is 0 Å². The SMILES string of the molecule is CC(C)C(N)c1c[nH]nn1. The Hall–Kier alpha value is -0.900. The van der Waals surface area contributed by atoms with Gasteiger partial charge in [-0.3, -0.25) is 5.10 Å². The van der Waals surface area contributed by atoms with E-state index in [0.717, 1.165) is 5.69 Å². The van der Waals surface area contributed by atoms with Crippen molar-refractivity contribution in [3.05, 3.63) is 11.9 Å². The van der Waals surface area contributed by atoms with E-state index in [9.17, 15) is 0 Å². The summed E-state index contributed by atoms with van der Waals surface area (Å²) in [6.45, 7) is 4.11. The zero-order chi connectivity index (χ0) is 7.56. The van der Waals surface area contributed by atoms with E-state index in [0.29, 0.717) is 5.92 Å². The van der Waals surface area contributed by atoms with Crippen LogP contribution in [0.15, 0.2) is 6.20 Å². The molecule has 4 nitrogen and oxygen atoms in total. The molecule has 1 aromatic rings. The minimum absolute atomic E-state index is 0.00116. The minimum atomic E-state index is -0.00116. The van der Waals surface area contributed by atoms with Crippen LogP contribution >= 0.6 is 0 Å². The summed E-state index contributed by atoms with van der Waals surface area (Å²) in [6.07, 6.45) is 1.73. The number of aromatic amines is 1. The van der Waals surface area contributed by atoms with Gasteiger partial charge in [-0.1, -0.05) is 19.1 Å². The highest BCUT2D eigenvalue weighted by molar-refractivity contribution is 4.98. The van der Waals surface area contributed by atoms with Gasteiger partial charge in [0.25, 0.3) is 0 Å². The first-order valence-electron chi connectivity index (χ1n) is 3.33. The lowest BCUT2D eigenvalue weighted by Gasteiger charge is -2.10. The standard InChI is InChI=1S/C6H12N4/c1-4(2)6(7)5-3-8-10-9-5/h3-4,6H,7H2,1-2H3,(H,8,9,10). The van der Waals surface area contributed by atoms with Gasteiger partial charge in [-0.05, 0) is 5.92 Å². The van der Waals surface area contributed by atoms with Gasteiger partial charge in [0.05, 0.1) is 11.7 Å². The maximum absolute atomic E-state index is 5.76. The lowest BCUT2D eigenvalue weighted by Crippen LogP contribution is -2.16. The molecule has 0 aliphatic rings. The third-order valence-electron chi connectivity index (χ3n) is 1.50. The predicted octanol–water partition coefficient (Wildman–Crippen LogP) is 0.460. The Morgan fingerprint density at radius 2 is 2.30 bits per heavy atom. The largest absolute Gasteiger partial charge is 0.322 e. The van der Waals surface area contributed by atoms with Crippen LogP contribution < -0.4 is 5.73 Å². The van der Waals surface area contributed by atoms with Gasteiger partial charge in [-0.15, -0.1) is 5.10 Å². The van der Waals surface area contributed by atoms with E-state index in [1.165, 1.54) is 0 Å². The number of nitrogens with zero attached hydrogens (tertiary/aromatic N) is 2. The van der Waals surface area contributed by atoms with Gasteiger partial charge in [0.1, 0.15) is 0 Å². The fourth-order valence-corrected chi connectivity index (χ4v) is 0.715. The highest BCUT2D eigenvalue weighted by Gasteiger charge is 2.11. The van der Waals surface area contributed by atoms with E-state index in [1.54, 1.807) is 6.20 Å². The summed E-state index contributed by atoms with van der Waals surface area (Å²) in [4.78, 5) is 0.